The van der Waals surface area contributed by atoms with Crippen molar-refractivity contribution in [1.82, 2.24) is 9.88 Å². The average Bonchev–Trinajstić information content (AvgIpc) is 2.77. The molecule has 1 aliphatic rings. The summed E-state index contributed by atoms with van der Waals surface area (Å²) < 4.78 is 0. The predicted octanol–water partition coefficient (Wildman–Crippen LogP) is 2.62. The van der Waals surface area contributed by atoms with E-state index < -0.39 is 5.97 Å². The summed E-state index contributed by atoms with van der Waals surface area (Å²) in [6.07, 6.45) is 8.35. The number of hydrogen-bond donors (Lipinski definition) is 1. The van der Waals surface area contributed by atoms with Gasteiger partial charge in [-0.25, -0.2) is 9.78 Å². The Labute approximate surface area is 111 Å². The molecule has 4 nitrogen and oxygen atoms in total. The zero-order chi connectivity index (χ0) is 13.0. The van der Waals surface area contributed by atoms with Crippen LogP contribution in [-0.2, 0) is 11.3 Å². The van der Waals surface area contributed by atoms with Crippen molar-refractivity contribution in [3.05, 3.63) is 22.2 Å². The lowest BCUT2D eigenvalue weighted by atomic mass is 10.0. The highest BCUT2D eigenvalue weighted by molar-refractivity contribution is 7.12. The quantitative estimate of drug-likeness (QED) is 0.851. The molecule has 0 aromatic carbocycles. The number of aliphatic carboxylic acids is 1. The minimum atomic E-state index is -0.922. The number of piperidine rings is 1. The van der Waals surface area contributed by atoms with Gasteiger partial charge in [-0.2, -0.15) is 0 Å². The van der Waals surface area contributed by atoms with Crippen LogP contribution in [0.1, 0.15) is 36.1 Å². The number of carbonyl (C=O) groups is 1. The Morgan fingerprint density at radius 1 is 1.67 bits per heavy atom. The van der Waals surface area contributed by atoms with Crippen LogP contribution in [0, 0.1) is 0 Å². The molecule has 0 radical (unpaired) electrons. The van der Waals surface area contributed by atoms with E-state index in [1.807, 2.05) is 0 Å². The average molecular weight is 266 g/mol. The van der Waals surface area contributed by atoms with Crippen LogP contribution in [0.5, 0.6) is 0 Å². The van der Waals surface area contributed by atoms with Gasteiger partial charge >= 0.3 is 5.97 Å². The van der Waals surface area contributed by atoms with E-state index in [1.165, 1.54) is 19.3 Å². The number of rotatable bonds is 4. The Morgan fingerprint density at radius 2 is 2.50 bits per heavy atom. The van der Waals surface area contributed by atoms with E-state index in [2.05, 4.69) is 16.8 Å². The second kappa shape index (κ2) is 6.11. The van der Waals surface area contributed by atoms with E-state index in [4.69, 9.17) is 5.11 Å². The Hall–Kier alpha value is -1.20. The van der Waals surface area contributed by atoms with Gasteiger partial charge in [-0.15, -0.1) is 11.3 Å². The largest absolute Gasteiger partial charge is 0.478 e. The first kappa shape index (κ1) is 13.2. The van der Waals surface area contributed by atoms with Crippen molar-refractivity contribution < 1.29 is 9.90 Å². The minimum Gasteiger partial charge on any atom is -0.478 e. The highest BCUT2D eigenvalue weighted by atomic mass is 32.1. The second-order valence-electron chi connectivity index (χ2n) is 4.64. The van der Waals surface area contributed by atoms with E-state index in [0.717, 1.165) is 29.1 Å². The fraction of sp³-hybridized carbons (Fsp3) is 0.538. The summed E-state index contributed by atoms with van der Waals surface area (Å²) in [7, 11) is 0. The molecule has 1 unspecified atom stereocenters. The summed E-state index contributed by atoms with van der Waals surface area (Å²) in [5.41, 5.74) is 0. The number of likely N-dealkylation sites (tertiary alicyclic amines) is 1. The van der Waals surface area contributed by atoms with E-state index in [0.29, 0.717) is 6.04 Å². The number of thiazole rings is 1. The molecular weight excluding hydrogens is 248 g/mol. The van der Waals surface area contributed by atoms with Crippen LogP contribution in [0.25, 0.3) is 6.08 Å². The van der Waals surface area contributed by atoms with Gasteiger partial charge in [0.15, 0.2) is 0 Å². The molecule has 0 saturated carbocycles. The van der Waals surface area contributed by atoms with Crippen molar-refractivity contribution in [2.24, 2.45) is 0 Å². The normalized spacial score (nSPS) is 21.5. The van der Waals surface area contributed by atoms with Gasteiger partial charge in [-0.05, 0) is 32.4 Å². The number of carboxylic acids is 1. The van der Waals surface area contributed by atoms with E-state index >= 15 is 0 Å². The van der Waals surface area contributed by atoms with Crippen LogP contribution in [0.2, 0.25) is 0 Å². The Kier molecular flexibility index (Phi) is 4.49. The second-order valence-corrected chi connectivity index (χ2v) is 5.79. The molecule has 1 fully saturated rings. The van der Waals surface area contributed by atoms with E-state index in [9.17, 15) is 4.79 Å². The van der Waals surface area contributed by atoms with Crippen molar-refractivity contribution in [3.63, 3.8) is 0 Å². The first-order chi connectivity index (χ1) is 8.65. The molecule has 0 aliphatic carbocycles. The summed E-state index contributed by atoms with van der Waals surface area (Å²) in [6.45, 7) is 4.28. The van der Waals surface area contributed by atoms with Crippen molar-refractivity contribution >= 4 is 23.4 Å². The third-order valence-electron chi connectivity index (χ3n) is 3.24. The summed E-state index contributed by atoms with van der Waals surface area (Å²) >= 11 is 1.57. The number of aromatic nitrogens is 1. The monoisotopic (exact) mass is 266 g/mol. The van der Waals surface area contributed by atoms with Gasteiger partial charge in [-0.1, -0.05) is 6.42 Å². The first-order valence-electron chi connectivity index (χ1n) is 6.25. The molecule has 0 amide bonds. The van der Waals surface area contributed by atoms with Gasteiger partial charge in [0.25, 0.3) is 0 Å². The number of hydrogen-bond acceptors (Lipinski definition) is 4. The zero-order valence-corrected chi connectivity index (χ0v) is 11.3. The third-order valence-corrected chi connectivity index (χ3v) is 4.19. The van der Waals surface area contributed by atoms with Gasteiger partial charge < -0.3 is 5.11 Å². The number of carboxylic acid groups (broad SMARTS) is 1. The van der Waals surface area contributed by atoms with E-state index in [-0.39, 0.29) is 0 Å². The molecule has 98 valence electrons. The SMILES string of the molecule is CC1CCCCN1Cc1ncc(/C=C/C(=O)O)s1. The van der Waals surface area contributed by atoms with Crippen molar-refractivity contribution in [1.29, 1.82) is 0 Å². The first-order valence-corrected chi connectivity index (χ1v) is 7.06. The van der Waals surface area contributed by atoms with Crippen LogP contribution in [0.3, 0.4) is 0 Å². The Balaban J connectivity index is 1.95. The topological polar surface area (TPSA) is 53.4 Å². The molecular formula is C13H18N2O2S. The van der Waals surface area contributed by atoms with Gasteiger partial charge in [0.2, 0.25) is 0 Å². The fourth-order valence-corrected chi connectivity index (χ4v) is 3.04. The maximum atomic E-state index is 10.4. The number of nitrogens with zero attached hydrogens (tertiary/aromatic N) is 2. The van der Waals surface area contributed by atoms with Crippen molar-refractivity contribution in [3.8, 4) is 0 Å². The molecule has 1 aliphatic heterocycles. The van der Waals surface area contributed by atoms with Crippen LogP contribution in [0.4, 0.5) is 0 Å². The van der Waals surface area contributed by atoms with Crippen LogP contribution in [0.15, 0.2) is 12.3 Å². The molecule has 0 bridgehead atoms. The Morgan fingerprint density at radius 3 is 3.22 bits per heavy atom. The van der Waals surface area contributed by atoms with Gasteiger partial charge in [0.05, 0.1) is 6.54 Å². The molecule has 0 spiro atoms. The molecule has 2 heterocycles. The van der Waals surface area contributed by atoms with Gasteiger partial charge in [0, 0.05) is 23.2 Å². The summed E-state index contributed by atoms with van der Waals surface area (Å²) in [5, 5.41) is 9.63. The maximum Gasteiger partial charge on any atom is 0.328 e. The smallest absolute Gasteiger partial charge is 0.328 e. The standard InChI is InChI=1S/C13H18N2O2S/c1-10-4-2-3-7-15(10)9-12-14-8-11(18-12)5-6-13(16)17/h5-6,8,10H,2-4,7,9H2,1H3,(H,16,17)/b6-5+. The minimum absolute atomic E-state index is 0.626. The van der Waals surface area contributed by atoms with Crippen molar-refractivity contribution in [2.45, 2.75) is 38.8 Å². The summed E-state index contributed by atoms with van der Waals surface area (Å²) in [4.78, 5) is 18.1. The molecule has 1 aromatic rings. The molecule has 1 atom stereocenters. The zero-order valence-electron chi connectivity index (χ0n) is 10.5. The Bertz CT molecular complexity index is 442. The molecule has 1 saturated heterocycles. The lowest BCUT2D eigenvalue weighted by Gasteiger charge is -2.32. The van der Waals surface area contributed by atoms with E-state index in [1.54, 1.807) is 23.6 Å². The lowest BCUT2D eigenvalue weighted by Crippen LogP contribution is -2.36. The molecule has 5 heteroatoms. The predicted molar refractivity (Wildman–Crippen MR) is 72.5 cm³/mol. The third kappa shape index (κ3) is 3.65. The van der Waals surface area contributed by atoms with Crippen molar-refractivity contribution in [2.75, 3.05) is 6.54 Å². The highest BCUT2D eigenvalue weighted by Gasteiger charge is 2.19. The summed E-state index contributed by atoms with van der Waals surface area (Å²) in [6, 6.07) is 0.626. The molecule has 2 rings (SSSR count). The van der Waals surface area contributed by atoms with Crippen LogP contribution in [-0.4, -0.2) is 33.5 Å². The maximum absolute atomic E-state index is 10.4. The molecule has 1 N–H and O–H groups in total. The highest BCUT2D eigenvalue weighted by Crippen LogP contribution is 2.22. The summed E-state index contributed by atoms with van der Waals surface area (Å²) in [5.74, 6) is -0.922. The lowest BCUT2D eigenvalue weighted by molar-refractivity contribution is -0.131. The van der Waals surface area contributed by atoms with Crippen LogP contribution >= 0.6 is 11.3 Å². The van der Waals surface area contributed by atoms with Gasteiger partial charge in [0.1, 0.15) is 5.01 Å². The fourth-order valence-electron chi connectivity index (χ4n) is 2.19. The van der Waals surface area contributed by atoms with Gasteiger partial charge in [-0.3, -0.25) is 4.90 Å². The molecule has 1 aromatic heterocycles. The van der Waals surface area contributed by atoms with Crippen LogP contribution < -0.4 is 0 Å². The molecule has 18 heavy (non-hydrogen) atoms.